The van der Waals surface area contributed by atoms with E-state index in [-0.39, 0.29) is 11.6 Å². The Labute approximate surface area is 128 Å². The molecule has 1 aromatic carbocycles. The zero-order valence-electron chi connectivity index (χ0n) is 12.5. The lowest BCUT2D eigenvalue weighted by Gasteiger charge is -2.21. The SMILES string of the molecule is COc1ccc([N+](=O)[O-])cc1NC(=O)CCC1CCOCC1. The van der Waals surface area contributed by atoms with Gasteiger partial charge in [0.25, 0.3) is 5.69 Å². The number of carbonyl (C=O) groups excluding carboxylic acids is 1. The van der Waals surface area contributed by atoms with E-state index in [0.717, 1.165) is 32.5 Å². The first-order chi connectivity index (χ1) is 10.6. The summed E-state index contributed by atoms with van der Waals surface area (Å²) in [6, 6.07) is 4.13. The number of hydrogen-bond acceptors (Lipinski definition) is 5. The number of amides is 1. The van der Waals surface area contributed by atoms with Crippen LogP contribution < -0.4 is 10.1 Å². The quantitative estimate of drug-likeness (QED) is 0.644. The van der Waals surface area contributed by atoms with Gasteiger partial charge >= 0.3 is 0 Å². The summed E-state index contributed by atoms with van der Waals surface area (Å²) in [7, 11) is 1.46. The minimum atomic E-state index is -0.503. The number of nitro groups is 1. The van der Waals surface area contributed by atoms with Crippen LogP contribution in [0.1, 0.15) is 25.7 Å². The summed E-state index contributed by atoms with van der Waals surface area (Å²) >= 11 is 0. The van der Waals surface area contributed by atoms with E-state index in [4.69, 9.17) is 9.47 Å². The van der Waals surface area contributed by atoms with Crippen LogP contribution in [0.3, 0.4) is 0 Å². The van der Waals surface area contributed by atoms with Crippen molar-refractivity contribution in [3.63, 3.8) is 0 Å². The Hall–Kier alpha value is -2.15. The molecule has 1 fully saturated rings. The van der Waals surface area contributed by atoms with E-state index in [1.165, 1.54) is 25.3 Å². The summed E-state index contributed by atoms with van der Waals surface area (Å²) in [5.74, 6) is 0.752. The van der Waals surface area contributed by atoms with Gasteiger partial charge in [-0.25, -0.2) is 0 Å². The van der Waals surface area contributed by atoms with Crippen LogP contribution in [0.2, 0.25) is 0 Å². The Morgan fingerprint density at radius 1 is 1.45 bits per heavy atom. The second kappa shape index (κ2) is 7.74. The monoisotopic (exact) mass is 308 g/mol. The largest absolute Gasteiger partial charge is 0.495 e. The summed E-state index contributed by atoms with van der Waals surface area (Å²) < 4.78 is 10.4. The molecule has 1 saturated heterocycles. The van der Waals surface area contributed by atoms with E-state index in [1.54, 1.807) is 0 Å². The van der Waals surface area contributed by atoms with Gasteiger partial charge in [0.15, 0.2) is 0 Å². The summed E-state index contributed by atoms with van der Waals surface area (Å²) in [6.45, 7) is 1.51. The fourth-order valence-electron chi connectivity index (χ4n) is 2.49. The zero-order valence-corrected chi connectivity index (χ0v) is 12.5. The van der Waals surface area contributed by atoms with Gasteiger partial charge < -0.3 is 14.8 Å². The summed E-state index contributed by atoms with van der Waals surface area (Å²) in [6.07, 6.45) is 3.14. The zero-order chi connectivity index (χ0) is 15.9. The maximum absolute atomic E-state index is 12.0. The number of ether oxygens (including phenoxy) is 2. The van der Waals surface area contributed by atoms with Gasteiger partial charge in [-0.3, -0.25) is 14.9 Å². The van der Waals surface area contributed by atoms with Crippen LogP contribution in [0.25, 0.3) is 0 Å². The van der Waals surface area contributed by atoms with Gasteiger partial charge in [0.1, 0.15) is 5.75 Å². The van der Waals surface area contributed by atoms with Gasteiger partial charge in [-0.05, 0) is 31.2 Å². The van der Waals surface area contributed by atoms with Crippen LogP contribution in [0.15, 0.2) is 18.2 Å². The number of rotatable bonds is 6. The second-order valence-corrected chi connectivity index (χ2v) is 5.28. The van der Waals surface area contributed by atoms with Crippen molar-refractivity contribution in [1.82, 2.24) is 0 Å². The Balaban J connectivity index is 1.94. The molecule has 0 aromatic heterocycles. The molecule has 1 aliphatic heterocycles. The molecule has 2 rings (SSSR count). The van der Waals surface area contributed by atoms with Crippen LogP contribution in [0, 0.1) is 16.0 Å². The number of benzene rings is 1. The third-order valence-electron chi connectivity index (χ3n) is 3.79. The van der Waals surface area contributed by atoms with Crippen molar-refractivity contribution in [2.45, 2.75) is 25.7 Å². The summed E-state index contributed by atoms with van der Waals surface area (Å²) in [5.41, 5.74) is 0.245. The minimum Gasteiger partial charge on any atom is -0.495 e. The molecule has 0 bridgehead atoms. The highest BCUT2D eigenvalue weighted by Crippen LogP contribution is 2.29. The van der Waals surface area contributed by atoms with Crippen molar-refractivity contribution < 1.29 is 19.2 Å². The van der Waals surface area contributed by atoms with Gasteiger partial charge in [-0.1, -0.05) is 0 Å². The average molecular weight is 308 g/mol. The molecule has 0 unspecified atom stereocenters. The molecule has 0 atom stereocenters. The number of nitro benzene ring substituents is 1. The predicted octanol–water partition coefficient (Wildman–Crippen LogP) is 2.75. The van der Waals surface area contributed by atoms with Crippen LogP contribution in [0.5, 0.6) is 5.75 Å². The van der Waals surface area contributed by atoms with Crippen molar-refractivity contribution in [2.24, 2.45) is 5.92 Å². The molecule has 0 spiro atoms. The lowest BCUT2D eigenvalue weighted by molar-refractivity contribution is -0.384. The smallest absolute Gasteiger partial charge is 0.271 e. The van der Waals surface area contributed by atoms with Crippen LogP contribution in [-0.2, 0) is 9.53 Å². The molecule has 1 amide bonds. The Kier molecular flexibility index (Phi) is 5.71. The van der Waals surface area contributed by atoms with Crippen LogP contribution in [-0.4, -0.2) is 31.2 Å². The first-order valence-corrected chi connectivity index (χ1v) is 7.30. The van der Waals surface area contributed by atoms with Crippen molar-refractivity contribution >= 4 is 17.3 Å². The fraction of sp³-hybridized carbons (Fsp3) is 0.533. The highest BCUT2D eigenvalue weighted by molar-refractivity contribution is 5.92. The molecule has 1 heterocycles. The molecule has 1 aliphatic rings. The number of non-ortho nitro benzene ring substituents is 1. The molecule has 0 aliphatic carbocycles. The van der Waals surface area contributed by atoms with E-state index in [2.05, 4.69) is 5.32 Å². The topological polar surface area (TPSA) is 90.7 Å². The third-order valence-corrected chi connectivity index (χ3v) is 3.79. The maximum Gasteiger partial charge on any atom is 0.271 e. The Bertz CT molecular complexity index is 541. The molecule has 120 valence electrons. The Morgan fingerprint density at radius 3 is 2.82 bits per heavy atom. The number of carbonyl (C=O) groups is 1. The normalized spacial score (nSPS) is 15.3. The lowest BCUT2D eigenvalue weighted by atomic mass is 9.95. The number of nitrogens with zero attached hydrogens (tertiary/aromatic N) is 1. The highest BCUT2D eigenvalue weighted by atomic mass is 16.6. The van der Waals surface area contributed by atoms with Gasteiger partial charge in [-0.2, -0.15) is 0 Å². The molecule has 22 heavy (non-hydrogen) atoms. The van der Waals surface area contributed by atoms with Crippen molar-refractivity contribution in [2.75, 3.05) is 25.6 Å². The molecule has 0 radical (unpaired) electrons. The first-order valence-electron chi connectivity index (χ1n) is 7.30. The van der Waals surface area contributed by atoms with Crippen LogP contribution in [0.4, 0.5) is 11.4 Å². The molecular weight excluding hydrogens is 288 g/mol. The van der Waals surface area contributed by atoms with Crippen molar-refractivity contribution in [3.05, 3.63) is 28.3 Å². The Morgan fingerprint density at radius 2 is 2.18 bits per heavy atom. The standard InChI is InChI=1S/C15H20N2O5/c1-21-14-4-3-12(17(19)20)10-13(14)16-15(18)5-2-11-6-8-22-9-7-11/h3-4,10-11H,2,5-9H2,1H3,(H,16,18). The van der Waals surface area contributed by atoms with Crippen LogP contribution >= 0.6 is 0 Å². The van der Waals surface area contributed by atoms with Crippen molar-refractivity contribution in [1.29, 1.82) is 0 Å². The molecule has 1 N–H and O–H groups in total. The second-order valence-electron chi connectivity index (χ2n) is 5.28. The molecule has 7 nitrogen and oxygen atoms in total. The van der Waals surface area contributed by atoms with E-state index in [1.807, 2.05) is 0 Å². The average Bonchev–Trinajstić information content (AvgIpc) is 2.53. The number of methoxy groups -OCH3 is 1. The van der Waals surface area contributed by atoms with E-state index < -0.39 is 4.92 Å². The van der Waals surface area contributed by atoms with Gasteiger partial charge in [0, 0.05) is 31.8 Å². The predicted molar refractivity (Wildman–Crippen MR) is 81.1 cm³/mol. The lowest BCUT2D eigenvalue weighted by Crippen LogP contribution is -2.19. The number of nitrogens with one attached hydrogen (secondary N) is 1. The van der Waals surface area contributed by atoms with Crippen molar-refractivity contribution in [3.8, 4) is 5.75 Å². The number of hydrogen-bond donors (Lipinski definition) is 1. The molecule has 1 aromatic rings. The third kappa shape index (κ3) is 4.42. The fourth-order valence-corrected chi connectivity index (χ4v) is 2.49. The highest BCUT2D eigenvalue weighted by Gasteiger charge is 2.17. The minimum absolute atomic E-state index is 0.0828. The molecule has 7 heteroatoms. The number of anilines is 1. The van der Waals surface area contributed by atoms with Gasteiger partial charge in [-0.15, -0.1) is 0 Å². The van der Waals surface area contributed by atoms with E-state index in [0.29, 0.717) is 23.8 Å². The maximum atomic E-state index is 12.0. The van der Waals surface area contributed by atoms with E-state index in [9.17, 15) is 14.9 Å². The van der Waals surface area contributed by atoms with Gasteiger partial charge in [0.05, 0.1) is 17.7 Å². The summed E-state index contributed by atoms with van der Waals surface area (Å²) in [4.78, 5) is 22.3. The molecular formula is C15H20N2O5. The molecule has 0 saturated carbocycles. The van der Waals surface area contributed by atoms with Gasteiger partial charge in [0.2, 0.25) is 5.91 Å². The first kappa shape index (κ1) is 16.2. The summed E-state index contributed by atoms with van der Waals surface area (Å²) in [5, 5.41) is 13.5. The van der Waals surface area contributed by atoms with E-state index >= 15 is 0 Å².